The minimum absolute atomic E-state index is 0.00403. The zero-order chi connectivity index (χ0) is 36.2. The van der Waals surface area contributed by atoms with Gasteiger partial charge in [-0.2, -0.15) is 0 Å². The minimum Gasteiger partial charge on any atom is -0.382 e. The van der Waals surface area contributed by atoms with E-state index in [2.05, 4.69) is 0 Å². The van der Waals surface area contributed by atoms with Gasteiger partial charge in [0.2, 0.25) is 11.8 Å². The Morgan fingerprint density at radius 3 is 1.40 bits per heavy atom. The van der Waals surface area contributed by atoms with E-state index >= 15 is 0 Å². The maximum atomic E-state index is 12.2. The molecule has 15 heteroatoms. The average Bonchev–Trinajstić information content (AvgIpc) is 3.12. The molecule has 2 N–H and O–H groups in total. The summed E-state index contributed by atoms with van der Waals surface area (Å²) in [6, 6.07) is 7.33. The van der Waals surface area contributed by atoms with Gasteiger partial charge in [0, 0.05) is 32.9 Å². The lowest BCUT2D eigenvalue weighted by molar-refractivity contribution is -0.132. The van der Waals surface area contributed by atoms with Gasteiger partial charge < -0.3 is 62.7 Å². The molecule has 0 bridgehead atoms. The third-order valence-corrected chi connectivity index (χ3v) is 6.83. The molecule has 0 saturated carbocycles. The van der Waals surface area contributed by atoms with Crippen molar-refractivity contribution < 1.29 is 61.7 Å². The van der Waals surface area contributed by atoms with E-state index < -0.39 is 5.91 Å². The standard InChI is InChI=1S/C35H62N2O13/c1-37(9-12-43-17-20-47-25-26-49-29-30-50-28-27-48-22-21-44-14-13-40-2)34(38)8-11-42-16-19-46-24-23-45-18-15-41-10-4-6-32-5-3-7-33(31-32)35(36)39/h3,5,7,31H,4,6,8-30H2,1-2H3,(H2,36,39). The fourth-order valence-electron chi connectivity index (χ4n) is 4.04. The van der Waals surface area contributed by atoms with Crippen LogP contribution in [-0.2, 0) is 63.3 Å². The molecule has 50 heavy (non-hydrogen) atoms. The lowest BCUT2D eigenvalue weighted by Crippen LogP contribution is -2.31. The van der Waals surface area contributed by atoms with Gasteiger partial charge in [-0.3, -0.25) is 9.59 Å². The summed E-state index contributed by atoms with van der Waals surface area (Å²) >= 11 is 0. The fourth-order valence-corrected chi connectivity index (χ4v) is 4.04. The summed E-state index contributed by atoms with van der Waals surface area (Å²) in [6.45, 7) is 10.8. The van der Waals surface area contributed by atoms with Gasteiger partial charge in [0.1, 0.15) is 0 Å². The molecule has 0 aromatic heterocycles. The average molecular weight is 719 g/mol. The van der Waals surface area contributed by atoms with E-state index in [9.17, 15) is 9.59 Å². The monoisotopic (exact) mass is 718 g/mol. The van der Waals surface area contributed by atoms with Crippen LogP contribution in [-0.4, -0.2) is 176 Å². The molecule has 0 aliphatic rings. The van der Waals surface area contributed by atoms with Gasteiger partial charge in [-0.1, -0.05) is 12.1 Å². The van der Waals surface area contributed by atoms with Crippen molar-refractivity contribution in [1.82, 2.24) is 4.90 Å². The maximum Gasteiger partial charge on any atom is 0.248 e. The van der Waals surface area contributed by atoms with Crippen LogP contribution in [0.5, 0.6) is 0 Å². The highest BCUT2D eigenvalue weighted by atomic mass is 16.6. The number of amides is 2. The normalized spacial score (nSPS) is 11.3. The van der Waals surface area contributed by atoms with Crippen molar-refractivity contribution in [2.24, 2.45) is 5.73 Å². The molecule has 0 atom stereocenters. The van der Waals surface area contributed by atoms with Crippen molar-refractivity contribution in [3.8, 4) is 0 Å². The van der Waals surface area contributed by atoms with Crippen LogP contribution in [0.15, 0.2) is 24.3 Å². The van der Waals surface area contributed by atoms with Crippen molar-refractivity contribution in [2.45, 2.75) is 19.3 Å². The van der Waals surface area contributed by atoms with Crippen LogP contribution in [0.4, 0.5) is 0 Å². The largest absolute Gasteiger partial charge is 0.382 e. The van der Waals surface area contributed by atoms with Crippen molar-refractivity contribution in [3.05, 3.63) is 35.4 Å². The highest BCUT2D eigenvalue weighted by molar-refractivity contribution is 5.92. The summed E-state index contributed by atoms with van der Waals surface area (Å²) in [5.74, 6) is -0.423. The molecular formula is C35H62N2O13. The molecule has 1 aromatic carbocycles. The molecule has 0 saturated heterocycles. The molecule has 0 fully saturated rings. The first-order chi connectivity index (χ1) is 24.5. The number of rotatable bonds is 38. The zero-order valence-corrected chi connectivity index (χ0v) is 30.3. The first-order valence-electron chi connectivity index (χ1n) is 17.4. The first kappa shape index (κ1) is 45.7. The molecule has 0 unspecified atom stereocenters. The molecule has 0 heterocycles. The van der Waals surface area contributed by atoms with Crippen LogP contribution in [0.1, 0.15) is 28.8 Å². The van der Waals surface area contributed by atoms with Gasteiger partial charge >= 0.3 is 0 Å². The third-order valence-electron chi connectivity index (χ3n) is 6.83. The van der Waals surface area contributed by atoms with E-state index in [-0.39, 0.29) is 5.91 Å². The number of benzene rings is 1. The number of carbonyl (C=O) groups is 2. The van der Waals surface area contributed by atoms with Gasteiger partial charge in [-0.15, -0.1) is 0 Å². The Labute approximate surface area is 298 Å². The second kappa shape index (κ2) is 35.1. The Balaban J connectivity index is 1.75. The number of nitrogens with two attached hydrogens (primary N) is 1. The Hall–Kier alpha value is -2.28. The van der Waals surface area contributed by atoms with Crippen LogP contribution >= 0.6 is 0 Å². The Kier molecular flexibility index (Phi) is 32.1. The quantitative estimate of drug-likeness (QED) is 0.0977. The van der Waals surface area contributed by atoms with Gasteiger partial charge in [0.25, 0.3) is 0 Å². The highest BCUT2D eigenvalue weighted by Crippen LogP contribution is 2.07. The summed E-state index contributed by atoms with van der Waals surface area (Å²) in [6.07, 6.45) is 1.96. The van der Waals surface area contributed by atoms with Crippen LogP contribution in [0.25, 0.3) is 0 Å². The van der Waals surface area contributed by atoms with Crippen molar-refractivity contribution in [2.75, 3.05) is 159 Å². The van der Waals surface area contributed by atoms with E-state index in [0.717, 1.165) is 18.4 Å². The molecule has 0 radical (unpaired) electrons. The summed E-state index contributed by atoms with van der Waals surface area (Å²) in [5.41, 5.74) is 6.90. The summed E-state index contributed by atoms with van der Waals surface area (Å²) in [7, 11) is 3.39. The van der Waals surface area contributed by atoms with E-state index in [0.29, 0.717) is 157 Å². The Bertz CT molecular complexity index is 928. The van der Waals surface area contributed by atoms with Crippen molar-refractivity contribution in [1.29, 1.82) is 0 Å². The topological polar surface area (TPSA) is 165 Å². The smallest absolute Gasteiger partial charge is 0.248 e. The fraction of sp³-hybridized carbons (Fsp3) is 0.771. The van der Waals surface area contributed by atoms with Gasteiger partial charge in [0.15, 0.2) is 0 Å². The lowest BCUT2D eigenvalue weighted by atomic mass is 10.1. The molecular weight excluding hydrogens is 656 g/mol. The molecule has 0 aliphatic heterocycles. The van der Waals surface area contributed by atoms with Crippen LogP contribution in [0.2, 0.25) is 0 Å². The predicted molar refractivity (Wildman–Crippen MR) is 186 cm³/mol. The zero-order valence-electron chi connectivity index (χ0n) is 30.3. The SMILES string of the molecule is COCCOCCOCCOCCOCCOCCOCCN(C)C(=O)CCOCCOCCOCCOCCCc1cccc(C(N)=O)c1. The molecule has 1 rings (SSSR count). The van der Waals surface area contributed by atoms with Crippen molar-refractivity contribution >= 4 is 11.8 Å². The van der Waals surface area contributed by atoms with E-state index in [1.165, 1.54) is 0 Å². The number of carbonyl (C=O) groups excluding carboxylic acids is 2. The predicted octanol–water partition coefficient (Wildman–Crippen LogP) is 1.38. The van der Waals surface area contributed by atoms with E-state index in [4.69, 9.17) is 57.8 Å². The number of methoxy groups -OCH3 is 1. The highest BCUT2D eigenvalue weighted by Gasteiger charge is 2.08. The number of ether oxygens (including phenoxy) is 11. The van der Waals surface area contributed by atoms with Gasteiger partial charge in [0.05, 0.1) is 139 Å². The van der Waals surface area contributed by atoms with Crippen molar-refractivity contribution in [3.63, 3.8) is 0 Å². The third kappa shape index (κ3) is 29.5. The second-order valence-corrected chi connectivity index (χ2v) is 10.8. The summed E-state index contributed by atoms with van der Waals surface area (Å²) < 4.78 is 59.6. The molecule has 15 nitrogen and oxygen atoms in total. The summed E-state index contributed by atoms with van der Waals surface area (Å²) in [5, 5.41) is 0. The number of hydrogen-bond acceptors (Lipinski definition) is 13. The lowest BCUT2D eigenvalue weighted by Gasteiger charge is -2.17. The van der Waals surface area contributed by atoms with Crippen LogP contribution < -0.4 is 5.73 Å². The summed E-state index contributed by atoms with van der Waals surface area (Å²) in [4.78, 5) is 25.1. The first-order valence-corrected chi connectivity index (χ1v) is 17.4. The Morgan fingerprint density at radius 1 is 0.560 bits per heavy atom. The number of nitrogens with zero attached hydrogens (tertiary/aromatic N) is 1. The molecule has 290 valence electrons. The number of hydrogen-bond donors (Lipinski definition) is 1. The Morgan fingerprint density at radius 2 is 0.960 bits per heavy atom. The van der Waals surface area contributed by atoms with Crippen LogP contribution in [0, 0.1) is 0 Å². The molecule has 0 aliphatic carbocycles. The second-order valence-electron chi connectivity index (χ2n) is 10.8. The van der Waals surface area contributed by atoms with Crippen LogP contribution in [0.3, 0.4) is 0 Å². The number of aryl methyl sites for hydroxylation is 1. The maximum absolute atomic E-state index is 12.2. The molecule has 1 aromatic rings. The molecule has 2 amide bonds. The van der Waals surface area contributed by atoms with E-state index in [1.54, 1.807) is 25.1 Å². The molecule has 0 spiro atoms. The minimum atomic E-state index is -0.419. The van der Waals surface area contributed by atoms with Gasteiger partial charge in [-0.25, -0.2) is 0 Å². The number of primary amides is 1. The number of likely N-dealkylation sites (N-methyl/N-ethyl adjacent to an activating group) is 1. The van der Waals surface area contributed by atoms with Gasteiger partial charge in [-0.05, 0) is 30.5 Å². The van der Waals surface area contributed by atoms with E-state index in [1.807, 2.05) is 18.2 Å².